The highest BCUT2D eigenvalue weighted by Crippen LogP contribution is 2.21. The molecule has 1 amide bonds. The van der Waals surface area contributed by atoms with E-state index in [2.05, 4.69) is 5.32 Å². The summed E-state index contributed by atoms with van der Waals surface area (Å²) in [6.07, 6.45) is -4.14. The smallest absolute Gasteiger partial charge is 0.217 e. The first-order chi connectivity index (χ1) is 7.51. The summed E-state index contributed by atoms with van der Waals surface area (Å²) in [5.74, 6) is -0.399. The summed E-state index contributed by atoms with van der Waals surface area (Å²) in [4.78, 5) is 10.9. The van der Waals surface area contributed by atoms with Crippen LogP contribution in [-0.4, -0.2) is 65.6 Å². The Morgan fingerprint density at radius 2 is 2.12 bits per heavy atom. The monoisotopic (exact) mass is 235 g/mol. The van der Waals surface area contributed by atoms with Gasteiger partial charge in [0.05, 0.1) is 6.61 Å². The molecule has 7 nitrogen and oxygen atoms in total. The maximum absolute atomic E-state index is 10.9. The van der Waals surface area contributed by atoms with E-state index >= 15 is 0 Å². The molecule has 0 aromatic heterocycles. The lowest BCUT2D eigenvalue weighted by molar-refractivity contribution is -0.258. The molecule has 5 atom stereocenters. The summed E-state index contributed by atoms with van der Waals surface area (Å²) in [6, 6.07) is -0.967. The summed E-state index contributed by atoms with van der Waals surface area (Å²) in [5, 5.41) is 30.7. The molecule has 1 rings (SSSR count). The Kier molecular flexibility index (Phi) is 4.63. The van der Waals surface area contributed by atoms with Gasteiger partial charge >= 0.3 is 0 Å². The SMILES string of the molecule is CO[C@H]1[C@H](O)[C@H](NC(C)=O)C(O)O[C@@H]1CO. The number of rotatable bonds is 3. The Hall–Kier alpha value is -0.730. The molecule has 0 spiro atoms. The number of carbonyl (C=O) groups excluding carboxylic acids is 1. The van der Waals surface area contributed by atoms with E-state index in [-0.39, 0.29) is 6.61 Å². The zero-order valence-corrected chi connectivity index (χ0v) is 9.16. The van der Waals surface area contributed by atoms with Crippen molar-refractivity contribution >= 4 is 5.91 Å². The number of hydrogen-bond donors (Lipinski definition) is 4. The minimum atomic E-state index is -1.37. The average molecular weight is 235 g/mol. The van der Waals surface area contributed by atoms with E-state index in [1.807, 2.05) is 0 Å². The lowest BCUT2D eigenvalue weighted by atomic mass is 9.97. The maximum Gasteiger partial charge on any atom is 0.217 e. The van der Waals surface area contributed by atoms with Crippen LogP contribution >= 0.6 is 0 Å². The van der Waals surface area contributed by atoms with Crippen LogP contribution in [0.4, 0.5) is 0 Å². The van der Waals surface area contributed by atoms with E-state index in [4.69, 9.17) is 14.6 Å². The van der Waals surface area contributed by atoms with Crippen LogP contribution in [0.5, 0.6) is 0 Å². The number of hydrogen-bond acceptors (Lipinski definition) is 6. The van der Waals surface area contributed by atoms with Gasteiger partial charge in [-0.15, -0.1) is 0 Å². The first kappa shape index (κ1) is 13.3. The van der Waals surface area contributed by atoms with Crippen LogP contribution in [0.1, 0.15) is 6.92 Å². The van der Waals surface area contributed by atoms with Gasteiger partial charge in [0.15, 0.2) is 6.29 Å². The normalized spacial score (nSPS) is 39.4. The van der Waals surface area contributed by atoms with Crippen molar-refractivity contribution in [1.82, 2.24) is 5.32 Å². The van der Waals surface area contributed by atoms with Crippen LogP contribution < -0.4 is 5.32 Å². The zero-order valence-electron chi connectivity index (χ0n) is 9.16. The first-order valence-corrected chi connectivity index (χ1v) is 4.93. The summed E-state index contributed by atoms with van der Waals surface area (Å²) in [5.41, 5.74) is 0. The minimum absolute atomic E-state index is 0.389. The van der Waals surface area contributed by atoms with E-state index in [1.165, 1.54) is 14.0 Å². The molecule has 0 aromatic carbocycles. The Labute approximate surface area is 93.0 Å². The fourth-order valence-electron chi connectivity index (χ4n) is 1.76. The molecule has 16 heavy (non-hydrogen) atoms. The summed E-state index contributed by atoms with van der Waals surface area (Å²) in [7, 11) is 1.35. The van der Waals surface area contributed by atoms with Crippen LogP contribution in [-0.2, 0) is 14.3 Å². The molecule has 1 heterocycles. The third kappa shape index (κ3) is 2.69. The van der Waals surface area contributed by atoms with Crippen molar-refractivity contribution in [3.05, 3.63) is 0 Å². The van der Waals surface area contributed by atoms with Crippen LogP contribution in [0.15, 0.2) is 0 Å². The summed E-state index contributed by atoms with van der Waals surface area (Å²) >= 11 is 0. The molecule has 4 N–H and O–H groups in total. The fourth-order valence-corrected chi connectivity index (χ4v) is 1.76. The van der Waals surface area contributed by atoms with E-state index < -0.39 is 36.6 Å². The summed E-state index contributed by atoms with van der Waals surface area (Å²) < 4.78 is 10.00. The molecule has 0 aliphatic carbocycles. The number of amides is 1. The van der Waals surface area contributed by atoms with Gasteiger partial charge in [0, 0.05) is 14.0 Å². The van der Waals surface area contributed by atoms with Crippen molar-refractivity contribution in [2.24, 2.45) is 0 Å². The zero-order chi connectivity index (χ0) is 12.3. The molecule has 1 aliphatic rings. The van der Waals surface area contributed by atoms with Crippen molar-refractivity contribution in [2.45, 2.75) is 37.6 Å². The van der Waals surface area contributed by atoms with Crippen molar-refractivity contribution in [2.75, 3.05) is 13.7 Å². The van der Waals surface area contributed by atoms with Gasteiger partial charge in [0.25, 0.3) is 0 Å². The molecule has 1 aliphatic heterocycles. The largest absolute Gasteiger partial charge is 0.394 e. The number of aliphatic hydroxyl groups excluding tert-OH is 3. The van der Waals surface area contributed by atoms with Crippen molar-refractivity contribution in [3.63, 3.8) is 0 Å². The second-order valence-electron chi connectivity index (χ2n) is 3.66. The first-order valence-electron chi connectivity index (χ1n) is 4.93. The van der Waals surface area contributed by atoms with Crippen molar-refractivity contribution in [3.8, 4) is 0 Å². The second-order valence-corrected chi connectivity index (χ2v) is 3.66. The van der Waals surface area contributed by atoms with Crippen LogP contribution in [0, 0.1) is 0 Å². The molecule has 1 fully saturated rings. The standard InChI is InChI=1S/C9H17NO6/c1-4(12)10-6-7(13)8(15-2)5(3-11)16-9(6)14/h5-9,11,13-14H,3H2,1-2H3,(H,10,12)/t5-,6+,7-,8-,9?/m1/s1. The molecule has 1 unspecified atom stereocenters. The average Bonchev–Trinajstić information content (AvgIpc) is 2.23. The Morgan fingerprint density at radius 1 is 1.50 bits per heavy atom. The molecule has 0 saturated carbocycles. The topological polar surface area (TPSA) is 108 Å². The van der Waals surface area contributed by atoms with Gasteiger partial charge in [0.1, 0.15) is 24.4 Å². The molecular weight excluding hydrogens is 218 g/mol. The van der Waals surface area contributed by atoms with E-state index in [0.29, 0.717) is 0 Å². The van der Waals surface area contributed by atoms with Crippen LogP contribution in [0.25, 0.3) is 0 Å². The Bertz CT molecular complexity index is 248. The lowest BCUT2D eigenvalue weighted by Gasteiger charge is -2.41. The van der Waals surface area contributed by atoms with Gasteiger partial charge in [-0.3, -0.25) is 4.79 Å². The van der Waals surface area contributed by atoms with Crippen LogP contribution in [0.3, 0.4) is 0 Å². The van der Waals surface area contributed by atoms with Gasteiger partial charge in [0.2, 0.25) is 5.91 Å². The third-order valence-electron chi connectivity index (χ3n) is 2.51. The Morgan fingerprint density at radius 3 is 2.56 bits per heavy atom. The molecule has 1 saturated heterocycles. The van der Waals surface area contributed by atoms with Gasteiger partial charge in [-0.1, -0.05) is 0 Å². The number of ether oxygens (including phenoxy) is 2. The Balaban J connectivity index is 2.76. The van der Waals surface area contributed by atoms with Crippen molar-refractivity contribution < 1.29 is 29.6 Å². The molecule has 0 bridgehead atoms. The van der Waals surface area contributed by atoms with E-state index in [1.54, 1.807) is 0 Å². The summed E-state index contributed by atoms with van der Waals surface area (Å²) in [6.45, 7) is 0.874. The highest BCUT2D eigenvalue weighted by atomic mass is 16.6. The van der Waals surface area contributed by atoms with Gasteiger partial charge in [-0.05, 0) is 0 Å². The number of carbonyl (C=O) groups is 1. The van der Waals surface area contributed by atoms with E-state index in [0.717, 1.165) is 0 Å². The lowest BCUT2D eigenvalue weighted by Crippen LogP contribution is -2.64. The van der Waals surface area contributed by atoms with E-state index in [9.17, 15) is 15.0 Å². The number of nitrogens with one attached hydrogen (secondary N) is 1. The molecule has 7 heteroatoms. The second kappa shape index (κ2) is 5.55. The van der Waals surface area contributed by atoms with Crippen LogP contribution in [0.2, 0.25) is 0 Å². The van der Waals surface area contributed by atoms with Crippen molar-refractivity contribution in [1.29, 1.82) is 0 Å². The highest BCUT2D eigenvalue weighted by Gasteiger charge is 2.44. The number of aliphatic hydroxyl groups is 3. The highest BCUT2D eigenvalue weighted by molar-refractivity contribution is 5.73. The molecular formula is C9H17NO6. The van der Waals surface area contributed by atoms with Gasteiger partial charge in [-0.2, -0.15) is 0 Å². The quantitative estimate of drug-likeness (QED) is 0.433. The predicted octanol–water partition coefficient (Wildman–Crippen LogP) is -2.42. The molecule has 94 valence electrons. The molecule has 0 radical (unpaired) electrons. The number of methoxy groups -OCH3 is 1. The fraction of sp³-hybridized carbons (Fsp3) is 0.889. The predicted molar refractivity (Wildman–Crippen MR) is 52.4 cm³/mol. The molecule has 0 aromatic rings. The van der Waals surface area contributed by atoms with Gasteiger partial charge < -0.3 is 30.1 Å². The maximum atomic E-state index is 10.9. The minimum Gasteiger partial charge on any atom is -0.394 e. The van der Waals surface area contributed by atoms with Gasteiger partial charge in [-0.25, -0.2) is 0 Å². The third-order valence-corrected chi connectivity index (χ3v) is 2.51.